The Labute approximate surface area is 141 Å². The number of ether oxygens (including phenoxy) is 2. The van der Waals surface area contributed by atoms with Gasteiger partial charge >= 0.3 is 18.1 Å². The highest BCUT2D eigenvalue weighted by atomic mass is 19.4. The lowest BCUT2D eigenvalue weighted by atomic mass is 10.1. The van der Waals surface area contributed by atoms with Crippen molar-refractivity contribution >= 4 is 23.3 Å². The van der Waals surface area contributed by atoms with Crippen LogP contribution >= 0.6 is 0 Å². The molecule has 0 amide bonds. The third-order valence-corrected chi connectivity index (χ3v) is 3.07. The lowest BCUT2D eigenvalue weighted by molar-refractivity contribution is -0.149. The van der Waals surface area contributed by atoms with E-state index in [-0.39, 0.29) is 16.9 Å². The molecule has 132 valence electrons. The molecule has 1 N–H and O–H groups in total. The molecule has 0 spiro atoms. The normalized spacial score (nSPS) is 10.9. The maximum absolute atomic E-state index is 12.8. The monoisotopic (exact) mass is 353 g/mol. The van der Waals surface area contributed by atoms with Crippen LogP contribution in [-0.2, 0) is 20.4 Å². The molecule has 0 aliphatic carbocycles. The van der Waals surface area contributed by atoms with Crippen LogP contribution in [0.25, 0.3) is 0 Å². The second-order valence-electron chi connectivity index (χ2n) is 4.93. The smallest absolute Gasteiger partial charge is 0.416 e. The van der Waals surface area contributed by atoms with Gasteiger partial charge in [0, 0.05) is 12.6 Å². The molecule has 8 heteroatoms. The minimum Gasteiger partial charge on any atom is -0.428 e. The summed E-state index contributed by atoms with van der Waals surface area (Å²) in [6, 6.07) is 10.7. The summed E-state index contributed by atoms with van der Waals surface area (Å²) in [6.07, 6.45) is -4.47. The molecule has 2 aromatic carbocycles. The van der Waals surface area contributed by atoms with Crippen LogP contribution < -0.4 is 5.32 Å². The Morgan fingerprint density at radius 3 is 2.44 bits per heavy atom. The molecular weight excluding hydrogens is 339 g/mol. The van der Waals surface area contributed by atoms with E-state index in [1.54, 1.807) is 12.1 Å². The van der Waals surface area contributed by atoms with Gasteiger partial charge in [0.05, 0.1) is 16.8 Å². The van der Waals surface area contributed by atoms with Gasteiger partial charge in [-0.2, -0.15) is 13.2 Å². The average molecular weight is 353 g/mol. The Balaban J connectivity index is 2.18. The number of esters is 2. The molecule has 0 saturated heterocycles. The summed E-state index contributed by atoms with van der Waals surface area (Å²) in [4.78, 5) is 22.7. The largest absolute Gasteiger partial charge is 0.428 e. The summed E-state index contributed by atoms with van der Waals surface area (Å²) in [6.45, 7) is 0.614. The summed E-state index contributed by atoms with van der Waals surface area (Å²) in [7, 11) is 0. The Hall–Kier alpha value is -3.03. The first-order valence-corrected chi connectivity index (χ1v) is 7.11. The topological polar surface area (TPSA) is 64.6 Å². The van der Waals surface area contributed by atoms with Crippen LogP contribution in [0.2, 0.25) is 0 Å². The first-order chi connectivity index (χ1) is 11.8. The zero-order chi connectivity index (χ0) is 18.4. The number of rotatable bonds is 5. The van der Waals surface area contributed by atoms with Crippen molar-refractivity contribution in [2.24, 2.45) is 0 Å². The van der Waals surface area contributed by atoms with E-state index >= 15 is 0 Å². The molecule has 0 fully saturated rings. The lowest BCUT2D eigenvalue weighted by Crippen LogP contribution is -2.12. The van der Waals surface area contributed by atoms with Crippen molar-refractivity contribution in [2.45, 2.75) is 13.1 Å². The Morgan fingerprint density at radius 1 is 1.04 bits per heavy atom. The van der Waals surface area contributed by atoms with Crippen molar-refractivity contribution in [1.82, 2.24) is 0 Å². The number of carbonyl (C=O) groups excluding carboxylic acids is 2. The van der Waals surface area contributed by atoms with Gasteiger partial charge in [-0.05, 0) is 30.3 Å². The minimum absolute atomic E-state index is 0.0899. The quantitative estimate of drug-likeness (QED) is 0.647. The van der Waals surface area contributed by atoms with Crippen molar-refractivity contribution in [1.29, 1.82) is 0 Å². The number of anilines is 2. The van der Waals surface area contributed by atoms with Gasteiger partial charge in [0.2, 0.25) is 6.79 Å². The van der Waals surface area contributed by atoms with E-state index in [4.69, 9.17) is 4.74 Å². The fraction of sp³-hybridized carbons (Fsp3) is 0.176. The van der Waals surface area contributed by atoms with Gasteiger partial charge in [0.25, 0.3) is 0 Å². The maximum Gasteiger partial charge on any atom is 0.416 e. The molecule has 0 heterocycles. The number of carbonyl (C=O) groups is 2. The summed E-state index contributed by atoms with van der Waals surface area (Å²) in [5.41, 5.74) is -0.302. The zero-order valence-corrected chi connectivity index (χ0v) is 13.1. The molecule has 0 unspecified atom stereocenters. The molecule has 0 bridgehead atoms. The van der Waals surface area contributed by atoms with E-state index < -0.39 is 30.5 Å². The fourth-order valence-electron chi connectivity index (χ4n) is 1.94. The molecule has 0 radical (unpaired) electrons. The van der Waals surface area contributed by atoms with Crippen LogP contribution in [0.15, 0.2) is 48.5 Å². The predicted octanol–water partition coefficient (Wildman–Crippen LogP) is 4.13. The summed E-state index contributed by atoms with van der Waals surface area (Å²) in [5, 5.41) is 2.76. The SMILES string of the molecule is CC(=O)OCOC(=O)c1ccccc1Nc1cccc(C(F)(F)F)c1. The summed E-state index contributed by atoms with van der Waals surface area (Å²) < 4.78 is 47.6. The van der Waals surface area contributed by atoms with E-state index in [1.165, 1.54) is 24.3 Å². The number of hydrogen-bond acceptors (Lipinski definition) is 5. The molecule has 0 atom stereocenters. The van der Waals surface area contributed by atoms with Gasteiger partial charge < -0.3 is 14.8 Å². The number of alkyl halides is 3. The number of benzene rings is 2. The van der Waals surface area contributed by atoms with E-state index in [0.717, 1.165) is 19.1 Å². The second kappa shape index (κ2) is 7.69. The van der Waals surface area contributed by atoms with Crippen LogP contribution in [0.3, 0.4) is 0 Å². The van der Waals surface area contributed by atoms with Crippen LogP contribution in [0.1, 0.15) is 22.8 Å². The Kier molecular flexibility index (Phi) is 5.63. The highest BCUT2D eigenvalue weighted by Crippen LogP contribution is 2.31. The van der Waals surface area contributed by atoms with Gasteiger partial charge in [-0.15, -0.1) is 0 Å². The number of nitrogens with one attached hydrogen (secondary N) is 1. The molecule has 5 nitrogen and oxygen atoms in total. The van der Waals surface area contributed by atoms with Crippen LogP contribution in [-0.4, -0.2) is 18.7 Å². The lowest BCUT2D eigenvalue weighted by Gasteiger charge is -2.13. The average Bonchev–Trinajstić information content (AvgIpc) is 2.54. The van der Waals surface area contributed by atoms with E-state index in [2.05, 4.69) is 10.1 Å². The zero-order valence-electron chi connectivity index (χ0n) is 13.1. The Morgan fingerprint density at radius 2 is 1.76 bits per heavy atom. The van der Waals surface area contributed by atoms with Crippen LogP contribution in [0.5, 0.6) is 0 Å². The number of para-hydroxylation sites is 1. The third-order valence-electron chi connectivity index (χ3n) is 3.07. The highest BCUT2D eigenvalue weighted by Gasteiger charge is 2.30. The van der Waals surface area contributed by atoms with Crippen molar-refractivity contribution in [3.05, 3.63) is 59.7 Å². The van der Waals surface area contributed by atoms with Gasteiger partial charge in [-0.25, -0.2) is 4.79 Å². The molecule has 2 aromatic rings. The summed E-state index contributed by atoms with van der Waals surface area (Å²) >= 11 is 0. The van der Waals surface area contributed by atoms with Gasteiger partial charge in [-0.1, -0.05) is 18.2 Å². The minimum atomic E-state index is -4.47. The van der Waals surface area contributed by atoms with E-state index in [1.807, 2.05) is 0 Å². The highest BCUT2D eigenvalue weighted by molar-refractivity contribution is 5.96. The first kappa shape index (κ1) is 18.3. The molecule has 2 rings (SSSR count). The van der Waals surface area contributed by atoms with Crippen LogP contribution in [0.4, 0.5) is 24.5 Å². The Bertz CT molecular complexity index is 774. The fourth-order valence-corrected chi connectivity index (χ4v) is 1.94. The first-order valence-electron chi connectivity index (χ1n) is 7.11. The third kappa shape index (κ3) is 5.23. The number of hydrogen-bond donors (Lipinski definition) is 1. The maximum atomic E-state index is 12.8. The molecule has 0 aliphatic rings. The van der Waals surface area contributed by atoms with Gasteiger partial charge in [0.15, 0.2) is 0 Å². The molecule has 0 aliphatic heterocycles. The number of halogens is 3. The van der Waals surface area contributed by atoms with E-state index in [9.17, 15) is 22.8 Å². The van der Waals surface area contributed by atoms with Crippen molar-refractivity contribution in [2.75, 3.05) is 12.1 Å². The van der Waals surface area contributed by atoms with Crippen molar-refractivity contribution < 1.29 is 32.2 Å². The van der Waals surface area contributed by atoms with Gasteiger partial charge in [-0.3, -0.25) is 4.79 Å². The van der Waals surface area contributed by atoms with Crippen molar-refractivity contribution in [3.63, 3.8) is 0 Å². The molecular formula is C17H14F3NO4. The van der Waals surface area contributed by atoms with Crippen molar-refractivity contribution in [3.8, 4) is 0 Å². The van der Waals surface area contributed by atoms with E-state index in [0.29, 0.717) is 0 Å². The van der Waals surface area contributed by atoms with Crippen LogP contribution in [0, 0.1) is 0 Å². The second-order valence-corrected chi connectivity index (χ2v) is 4.93. The summed E-state index contributed by atoms with van der Waals surface area (Å²) in [5.74, 6) is -1.39. The molecule has 0 saturated carbocycles. The standard InChI is InChI=1S/C17H14F3NO4/c1-11(22)24-10-25-16(23)14-7-2-3-8-15(14)21-13-6-4-5-12(9-13)17(18,19)20/h2-9,21H,10H2,1H3. The molecule has 0 aromatic heterocycles. The van der Waals surface area contributed by atoms with Gasteiger partial charge in [0.1, 0.15) is 0 Å². The predicted molar refractivity (Wildman–Crippen MR) is 83.2 cm³/mol. The molecule has 25 heavy (non-hydrogen) atoms.